The van der Waals surface area contributed by atoms with Crippen LogP contribution < -0.4 is 14.7 Å². The number of fused-ring (bicyclic) bond motifs is 3. The number of anilines is 3. The number of hydrogen-bond acceptors (Lipinski definition) is 5. The highest BCUT2D eigenvalue weighted by atomic mass is 79.9. The van der Waals surface area contributed by atoms with Crippen molar-refractivity contribution in [3.8, 4) is 6.07 Å². The third kappa shape index (κ3) is 7.37. The van der Waals surface area contributed by atoms with Crippen LogP contribution in [0.15, 0.2) is 34.8 Å². The van der Waals surface area contributed by atoms with E-state index in [1.165, 1.54) is 23.1 Å². The monoisotopic (exact) mass is 735 g/mol. The van der Waals surface area contributed by atoms with Crippen LogP contribution in [0.3, 0.4) is 0 Å². The Labute approximate surface area is 290 Å². The summed E-state index contributed by atoms with van der Waals surface area (Å²) in [6.07, 6.45) is 7.03. The Morgan fingerprint density at radius 1 is 0.796 bits per heavy atom. The van der Waals surface area contributed by atoms with Gasteiger partial charge in [0.25, 0.3) is 0 Å². The van der Waals surface area contributed by atoms with Gasteiger partial charge in [0.15, 0.2) is 6.29 Å². The van der Waals surface area contributed by atoms with Gasteiger partial charge in [0.05, 0.1) is 22.2 Å². The lowest BCUT2D eigenvalue weighted by Crippen LogP contribution is -2.36. The van der Waals surface area contributed by atoms with Gasteiger partial charge in [0.1, 0.15) is 23.5 Å². The molecule has 3 aliphatic heterocycles. The van der Waals surface area contributed by atoms with Crippen LogP contribution in [0, 0.1) is 35.4 Å². The average Bonchev–Trinajstić information content (AvgIpc) is 3.09. The SMILES string of the molecule is CC1CCc2c(ccc(F)c2C=O)N1C=O.CC1CCc2cc(F)c(Br)cc2N1C=O.[C-]#[N+]c1cc2c(c(C#N)c1F)CCC(C)N2C=O. The lowest BCUT2D eigenvalue weighted by atomic mass is 9.92. The van der Waals surface area contributed by atoms with Gasteiger partial charge in [-0.3, -0.25) is 19.2 Å². The van der Waals surface area contributed by atoms with Gasteiger partial charge in [0, 0.05) is 35.2 Å². The molecule has 0 fully saturated rings. The first-order valence-corrected chi connectivity index (χ1v) is 16.3. The van der Waals surface area contributed by atoms with Gasteiger partial charge < -0.3 is 14.7 Å². The molecule has 9 nitrogen and oxygen atoms in total. The first-order valence-electron chi connectivity index (χ1n) is 15.5. The zero-order valence-corrected chi connectivity index (χ0v) is 28.6. The first-order chi connectivity index (χ1) is 23.4. The standard InChI is InChI=1S/C13H10FN3O.C12H12FNO2.C11H11BrFNO/c1-8-3-4-9-10(6-15)13(14)11(16-2)5-12(9)17(8)7-18;1-8-2-3-9-10(6-15)11(13)4-5-12(9)14(8)7-16;1-7-2-3-8-4-10(13)9(12)5-11(8)14(7)6-15/h5,7-8H,3-4H2,1H3;4-8H,2-3H2,1H3;4-7H,2-3H2,1H3. The fourth-order valence-electron chi connectivity index (χ4n) is 6.31. The second-order valence-corrected chi connectivity index (χ2v) is 12.8. The van der Waals surface area contributed by atoms with Crippen molar-refractivity contribution in [2.24, 2.45) is 0 Å². The molecule has 0 saturated carbocycles. The maximum Gasteiger partial charge on any atom is 0.225 e. The van der Waals surface area contributed by atoms with E-state index in [1.807, 2.05) is 20.8 Å². The van der Waals surface area contributed by atoms with Crippen molar-refractivity contribution in [3.05, 3.63) is 91.5 Å². The third-order valence-electron chi connectivity index (χ3n) is 9.14. The number of carbonyl (C=O) groups is 4. The molecule has 3 aromatic rings. The van der Waals surface area contributed by atoms with Crippen molar-refractivity contribution in [2.75, 3.05) is 14.7 Å². The average molecular weight is 737 g/mol. The second-order valence-electron chi connectivity index (χ2n) is 12.0. The number of carbonyl (C=O) groups excluding carboxylic acids is 4. The lowest BCUT2D eigenvalue weighted by molar-refractivity contribution is -0.108. The Balaban J connectivity index is 0.000000166. The van der Waals surface area contributed by atoms with Crippen LogP contribution in [0.25, 0.3) is 4.85 Å². The van der Waals surface area contributed by atoms with E-state index in [-0.39, 0.29) is 40.8 Å². The molecule has 3 amide bonds. The smallest absolute Gasteiger partial charge is 0.225 e. The van der Waals surface area contributed by atoms with Crippen molar-refractivity contribution in [1.82, 2.24) is 0 Å². The summed E-state index contributed by atoms with van der Waals surface area (Å²) < 4.78 is 40.9. The molecule has 13 heteroatoms. The summed E-state index contributed by atoms with van der Waals surface area (Å²) in [6.45, 7) is 12.7. The minimum Gasteiger partial charge on any atom is -0.313 e. The minimum absolute atomic E-state index is 0.00872. The van der Waals surface area contributed by atoms with E-state index in [4.69, 9.17) is 11.8 Å². The highest BCUT2D eigenvalue weighted by Gasteiger charge is 2.29. The van der Waals surface area contributed by atoms with E-state index >= 15 is 0 Å². The first kappa shape index (κ1) is 36.8. The number of aryl methyl sites for hydroxylation is 1. The fourth-order valence-corrected chi connectivity index (χ4v) is 6.64. The van der Waals surface area contributed by atoms with Crippen molar-refractivity contribution in [3.63, 3.8) is 0 Å². The van der Waals surface area contributed by atoms with E-state index in [0.29, 0.717) is 58.9 Å². The third-order valence-corrected chi connectivity index (χ3v) is 9.74. The molecular formula is C36H33BrF3N5O4. The van der Waals surface area contributed by atoms with Crippen LogP contribution in [-0.4, -0.2) is 43.6 Å². The topological polar surface area (TPSA) is 106 Å². The Bertz CT molecular complexity index is 1870. The van der Waals surface area contributed by atoms with Gasteiger partial charge in [0.2, 0.25) is 24.9 Å². The molecule has 49 heavy (non-hydrogen) atoms. The van der Waals surface area contributed by atoms with E-state index in [0.717, 1.165) is 43.3 Å². The van der Waals surface area contributed by atoms with E-state index in [1.54, 1.807) is 28.0 Å². The highest BCUT2D eigenvalue weighted by molar-refractivity contribution is 9.10. The van der Waals surface area contributed by atoms with Gasteiger partial charge in [-0.25, -0.2) is 18.0 Å². The maximum absolute atomic E-state index is 13.8. The Hall–Kier alpha value is -5.01. The molecule has 0 bridgehead atoms. The number of aldehydes is 1. The number of nitriles is 1. The molecule has 254 valence electrons. The fraction of sp³-hybridized carbons (Fsp3) is 0.333. The van der Waals surface area contributed by atoms with Crippen LogP contribution in [-0.2, 0) is 33.6 Å². The molecular weight excluding hydrogens is 703 g/mol. The Morgan fingerprint density at radius 2 is 1.35 bits per heavy atom. The number of benzene rings is 3. The predicted molar refractivity (Wildman–Crippen MR) is 182 cm³/mol. The summed E-state index contributed by atoms with van der Waals surface area (Å²) in [7, 11) is 0. The number of halogens is 4. The van der Waals surface area contributed by atoms with Crippen LogP contribution in [0.5, 0.6) is 0 Å². The summed E-state index contributed by atoms with van der Waals surface area (Å²) in [4.78, 5) is 51.5. The summed E-state index contributed by atoms with van der Waals surface area (Å²) in [5.74, 6) is -1.57. The van der Waals surface area contributed by atoms with E-state index in [2.05, 4.69) is 20.8 Å². The van der Waals surface area contributed by atoms with Crippen LogP contribution in [0.2, 0.25) is 0 Å². The summed E-state index contributed by atoms with van der Waals surface area (Å²) >= 11 is 3.13. The zero-order chi connectivity index (χ0) is 36.0. The van der Waals surface area contributed by atoms with Crippen molar-refractivity contribution < 1.29 is 32.3 Å². The molecule has 0 saturated heterocycles. The normalized spacial score (nSPS) is 18.8. The molecule has 0 aliphatic carbocycles. The van der Waals surface area contributed by atoms with Gasteiger partial charge in [-0.2, -0.15) is 5.26 Å². The molecule has 0 radical (unpaired) electrons. The molecule has 0 spiro atoms. The number of hydrogen-bond donors (Lipinski definition) is 0. The van der Waals surface area contributed by atoms with Crippen LogP contribution >= 0.6 is 15.9 Å². The van der Waals surface area contributed by atoms with Crippen LogP contribution in [0.1, 0.15) is 72.6 Å². The molecule has 0 N–H and O–H groups in total. The van der Waals surface area contributed by atoms with E-state index < -0.39 is 11.6 Å². The maximum atomic E-state index is 13.8. The van der Waals surface area contributed by atoms with Gasteiger partial charge in [-0.15, -0.1) is 0 Å². The molecule has 6 rings (SSSR count). The van der Waals surface area contributed by atoms with Crippen molar-refractivity contribution >= 4 is 64.2 Å². The molecule has 3 atom stereocenters. The van der Waals surface area contributed by atoms with Crippen molar-refractivity contribution in [2.45, 2.75) is 77.4 Å². The molecule has 3 unspecified atom stereocenters. The highest BCUT2D eigenvalue weighted by Crippen LogP contribution is 2.38. The van der Waals surface area contributed by atoms with Gasteiger partial charge in [-0.05, 0) is 122 Å². The van der Waals surface area contributed by atoms with Gasteiger partial charge >= 0.3 is 0 Å². The lowest BCUT2D eigenvalue weighted by Gasteiger charge is -2.33. The summed E-state index contributed by atoms with van der Waals surface area (Å²) in [5, 5.41) is 9.02. The van der Waals surface area contributed by atoms with Crippen molar-refractivity contribution in [1.29, 1.82) is 5.26 Å². The predicted octanol–water partition coefficient (Wildman–Crippen LogP) is 7.37. The van der Waals surface area contributed by atoms with Gasteiger partial charge in [-0.1, -0.05) is 0 Å². The molecule has 3 aliphatic rings. The zero-order valence-electron chi connectivity index (χ0n) is 27.1. The quantitative estimate of drug-likeness (QED) is 0.206. The Kier molecular flexibility index (Phi) is 12.0. The molecule has 0 aromatic heterocycles. The van der Waals surface area contributed by atoms with E-state index in [9.17, 15) is 32.3 Å². The van der Waals surface area contributed by atoms with Crippen LogP contribution in [0.4, 0.5) is 35.9 Å². The minimum atomic E-state index is -0.786. The summed E-state index contributed by atoms with van der Waals surface area (Å²) in [6, 6.07) is 9.39. The largest absolute Gasteiger partial charge is 0.313 e. The second kappa shape index (κ2) is 15.9. The molecule has 3 heterocycles. The number of rotatable bonds is 4. The number of amides is 3. The molecule has 3 aromatic carbocycles. The summed E-state index contributed by atoms with van der Waals surface area (Å²) in [5.41, 5.74) is 3.76. The number of nitrogens with zero attached hydrogens (tertiary/aromatic N) is 5. The Morgan fingerprint density at radius 3 is 1.90 bits per heavy atom.